The molecule has 1 fully saturated rings. The molecule has 0 spiro atoms. The van der Waals surface area contributed by atoms with Crippen LogP contribution >= 0.6 is 0 Å². The summed E-state index contributed by atoms with van der Waals surface area (Å²) in [6.07, 6.45) is -1.82. The van der Waals surface area contributed by atoms with Crippen LogP contribution in [0.2, 0.25) is 0 Å². The number of carbonyl (C=O) groups excluding carboxylic acids is 3. The van der Waals surface area contributed by atoms with Gasteiger partial charge in [0.2, 0.25) is 5.91 Å². The number of rotatable bonds is 7. The summed E-state index contributed by atoms with van der Waals surface area (Å²) < 4.78 is 10.7. The number of β-lactam (4-membered cyclic amide) rings is 1. The van der Waals surface area contributed by atoms with E-state index in [1.165, 1.54) is 0 Å². The molecular formula is C26H24N2O5. The van der Waals surface area contributed by atoms with Crippen molar-refractivity contribution in [3.8, 4) is 0 Å². The fourth-order valence-electron chi connectivity index (χ4n) is 3.52. The number of nitrogens with zero attached hydrogens (tertiary/aromatic N) is 2. The lowest BCUT2D eigenvalue weighted by Crippen LogP contribution is -2.65. The number of imide groups is 1. The third-order valence-corrected chi connectivity index (χ3v) is 5.32. The average molecular weight is 444 g/mol. The Balaban J connectivity index is 1.43. The lowest BCUT2D eigenvalue weighted by atomic mass is 10.0. The van der Waals surface area contributed by atoms with Gasteiger partial charge in [0.25, 0.3) is 0 Å². The normalized spacial score (nSPS) is 14.8. The molecule has 0 bridgehead atoms. The maximum absolute atomic E-state index is 12.8. The molecular weight excluding hydrogens is 420 g/mol. The number of carbonyl (C=O) groups is 3. The highest BCUT2D eigenvalue weighted by molar-refractivity contribution is 5.98. The average Bonchev–Trinajstić information content (AvgIpc) is 2.87. The Hall–Kier alpha value is -4.13. The fourth-order valence-corrected chi connectivity index (χ4v) is 3.52. The zero-order valence-electron chi connectivity index (χ0n) is 18.0. The summed E-state index contributed by atoms with van der Waals surface area (Å²) >= 11 is 0. The zero-order chi connectivity index (χ0) is 23.0. The van der Waals surface area contributed by atoms with Crippen LogP contribution < -0.4 is 0 Å². The summed E-state index contributed by atoms with van der Waals surface area (Å²) in [7, 11) is 0. The van der Waals surface area contributed by atoms with Gasteiger partial charge in [-0.25, -0.2) is 9.59 Å². The number of hydrogen-bond donors (Lipinski definition) is 0. The van der Waals surface area contributed by atoms with E-state index in [9.17, 15) is 14.4 Å². The van der Waals surface area contributed by atoms with Crippen LogP contribution in [0.1, 0.15) is 16.7 Å². The molecule has 1 unspecified atom stereocenters. The molecule has 1 atom stereocenters. The van der Waals surface area contributed by atoms with E-state index in [1.807, 2.05) is 66.7 Å². The minimum Gasteiger partial charge on any atom is -0.444 e. The van der Waals surface area contributed by atoms with Crippen molar-refractivity contribution >= 4 is 18.1 Å². The fraction of sp³-hybridized carbons (Fsp3) is 0.192. The van der Waals surface area contributed by atoms with E-state index in [0.29, 0.717) is 6.54 Å². The predicted molar refractivity (Wildman–Crippen MR) is 121 cm³/mol. The number of ether oxygens (including phenoxy) is 2. The van der Waals surface area contributed by atoms with E-state index in [1.54, 1.807) is 29.2 Å². The molecule has 0 aliphatic carbocycles. The van der Waals surface area contributed by atoms with Crippen LogP contribution in [-0.4, -0.2) is 40.5 Å². The van der Waals surface area contributed by atoms with E-state index in [0.717, 1.165) is 21.6 Å². The van der Waals surface area contributed by atoms with Crippen molar-refractivity contribution in [1.82, 2.24) is 9.80 Å². The van der Waals surface area contributed by atoms with Crippen LogP contribution in [-0.2, 0) is 34.0 Å². The van der Waals surface area contributed by atoms with Crippen LogP contribution in [0.4, 0.5) is 9.59 Å². The van der Waals surface area contributed by atoms with Gasteiger partial charge in [0.15, 0.2) is 0 Å². The predicted octanol–water partition coefficient (Wildman–Crippen LogP) is 4.37. The highest BCUT2D eigenvalue weighted by Gasteiger charge is 2.47. The Morgan fingerprint density at radius 2 is 1.15 bits per heavy atom. The molecule has 1 saturated heterocycles. The van der Waals surface area contributed by atoms with E-state index >= 15 is 0 Å². The monoisotopic (exact) mass is 444 g/mol. The molecule has 1 aliphatic rings. The zero-order valence-corrected chi connectivity index (χ0v) is 18.0. The van der Waals surface area contributed by atoms with Crippen molar-refractivity contribution in [3.05, 3.63) is 108 Å². The molecule has 0 aromatic heterocycles. The Morgan fingerprint density at radius 3 is 1.58 bits per heavy atom. The number of benzene rings is 3. The van der Waals surface area contributed by atoms with Crippen LogP contribution in [0.25, 0.3) is 0 Å². The van der Waals surface area contributed by atoms with Crippen LogP contribution in [0.15, 0.2) is 91.0 Å². The molecule has 7 nitrogen and oxygen atoms in total. The summed E-state index contributed by atoms with van der Waals surface area (Å²) in [5.74, 6) is -0.327. The summed E-state index contributed by atoms with van der Waals surface area (Å²) in [4.78, 5) is 40.9. The standard InChI is InChI=1S/C26H24N2O5/c29-24-23(17-27(24)16-20-10-4-1-5-11-20)28(25(30)32-18-21-12-6-2-7-13-21)26(31)33-19-22-14-8-3-9-15-22/h1-15,23H,16-19H2. The van der Waals surface area contributed by atoms with Crippen molar-refractivity contribution in [3.63, 3.8) is 0 Å². The topological polar surface area (TPSA) is 76.1 Å². The van der Waals surface area contributed by atoms with Gasteiger partial charge in [-0.3, -0.25) is 4.79 Å². The summed E-state index contributed by atoms with van der Waals surface area (Å²) in [6, 6.07) is 26.8. The summed E-state index contributed by atoms with van der Waals surface area (Å²) in [6.45, 7) is 0.588. The van der Waals surface area contributed by atoms with Gasteiger partial charge < -0.3 is 14.4 Å². The van der Waals surface area contributed by atoms with Gasteiger partial charge >= 0.3 is 12.2 Å². The second-order valence-electron chi connectivity index (χ2n) is 7.67. The van der Waals surface area contributed by atoms with Gasteiger partial charge in [0.05, 0.1) is 6.54 Å². The van der Waals surface area contributed by atoms with Gasteiger partial charge in [-0.15, -0.1) is 0 Å². The molecule has 0 N–H and O–H groups in total. The molecule has 1 heterocycles. The third-order valence-electron chi connectivity index (χ3n) is 5.32. The highest BCUT2D eigenvalue weighted by atomic mass is 16.6. The van der Waals surface area contributed by atoms with Gasteiger partial charge in [-0.2, -0.15) is 4.90 Å². The Labute approximate surface area is 192 Å². The van der Waals surface area contributed by atoms with Crippen molar-refractivity contribution < 1.29 is 23.9 Å². The van der Waals surface area contributed by atoms with Crippen LogP contribution in [0.3, 0.4) is 0 Å². The van der Waals surface area contributed by atoms with Crippen LogP contribution in [0, 0.1) is 0 Å². The second kappa shape index (κ2) is 10.5. The Bertz CT molecular complexity index is 1030. The lowest BCUT2D eigenvalue weighted by Gasteiger charge is -2.42. The highest BCUT2D eigenvalue weighted by Crippen LogP contribution is 2.22. The first-order valence-corrected chi connectivity index (χ1v) is 10.6. The first kappa shape index (κ1) is 22.1. The minimum absolute atomic E-state index is 0.0171. The van der Waals surface area contributed by atoms with Crippen molar-refractivity contribution in [1.29, 1.82) is 0 Å². The minimum atomic E-state index is -0.958. The van der Waals surface area contributed by atoms with E-state index < -0.39 is 18.2 Å². The quantitative estimate of drug-likeness (QED) is 0.506. The van der Waals surface area contributed by atoms with Crippen LogP contribution in [0.5, 0.6) is 0 Å². The van der Waals surface area contributed by atoms with Gasteiger partial charge in [-0.1, -0.05) is 91.0 Å². The van der Waals surface area contributed by atoms with E-state index in [4.69, 9.17) is 9.47 Å². The summed E-state index contributed by atoms with van der Waals surface area (Å²) in [5.41, 5.74) is 2.51. The van der Waals surface area contributed by atoms with E-state index in [2.05, 4.69) is 0 Å². The molecule has 0 saturated carbocycles. The molecule has 33 heavy (non-hydrogen) atoms. The number of hydrogen-bond acceptors (Lipinski definition) is 5. The largest absolute Gasteiger partial charge is 0.444 e. The van der Waals surface area contributed by atoms with E-state index in [-0.39, 0.29) is 25.7 Å². The molecule has 168 valence electrons. The van der Waals surface area contributed by atoms with Crippen molar-refractivity contribution in [2.45, 2.75) is 25.8 Å². The number of likely N-dealkylation sites (tertiary alicyclic amines) is 1. The second-order valence-corrected chi connectivity index (χ2v) is 7.67. The molecule has 3 aromatic rings. The molecule has 0 radical (unpaired) electrons. The van der Waals surface area contributed by atoms with Gasteiger partial charge in [0.1, 0.15) is 19.3 Å². The maximum Gasteiger partial charge on any atom is 0.420 e. The van der Waals surface area contributed by atoms with Gasteiger partial charge in [0, 0.05) is 6.54 Å². The lowest BCUT2D eigenvalue weighted by molar-refractivity contribution is -0.149. The molecule has 3 aromatic carbocycles. The molecule has 3 amide bonds. The smallest absolute Gasteiger partial charge is 0.420 e. The molecule has 1 aliphatic heterocycles. The third kappa shape index (κ3) is 5.57. The number of amides is 3. The van der Waals surface area contributed by atoms with Crippen molar-refractivity contribution in [2.75, 3.05) is 6.54 Å². The SMILES string of the molecule is O=C1C(N(C(=O)OCc2ccccc2)C(=O)OCc2ccccc2)CN1Cc1ccccc1. The molecule has 7 heteroatoms. The first-order chi connectivity index (χ1) is 16.1. The summed E-state index contributed by atoms with van der Waals surface area (Å²) in [5, 5.41) is 0. The van der Waals surface area contributed by atoms with Crippen molar-refractivity contribution in [2.24, 2.45) is 0 Å². The molecule has 4 rings (SSSR count). The maximum atomic E-state index is 12.8. The Kier molecular flexibility index (Phi) is 6.99. The van der Waals surface area contributed by atoms with Gasteiger partial charge in [-0.05, 0) is 16.7 Å². The first-order valence-electron chi connectivity index (χ1n) is 10.6. The Morgan fingerprint density at radius 1 is 0.727 bits per heavy atom.